The van der Waals surface area contributed by atoms with Crippen LogP contribution >= 0.6 is 11.6 Å². The lowest BCUT2D eigenvalue weighted by molar-refractivity contribution is -0.132. The zero-order valence-electron chi connectivity index (χ0n) is 17.3. The molecule has 1 aliphatic heterocycles. The van der Waals surface area contributed by atoms with Gasteiger partial charge in [-0.2, -0.15) is 0 Å². The number of amides is 1. The van der Waals surface area contributed by atoms with E-state index in [2.05, 4.69) is 0 Å². The van der Waals surface area contributed by atoms with E-state index in [4.69, 9.17) is 25.5 Å². The normalized spacial score (nSPS) is 17.5. The van der Waals surface area contributed by atoms with Gasteiger partial charge < -0.3 is 19.0 Å². The van der Waals surface area contributed by atoms with E-state index in [1.165, 1.54) is 44.7 Å². The number of carbonyl (C=O) groups is 2. The van der Waals surface area contributed by atoms with Crippen LogP contribution in [0.2, 0.25) is 5.02 Å². The maximum Gasteiger partial charge on any atom is 0.300 e. The number of halogens is 3. The molecule has 1 fully saturated rings. The zero-order chi connectivity index (χ0) is 23.9. The van der Waals surface area contributed by atoms with Crippen LogP contribution < -0.4 is 14.4 Å². The molecule has 10 heteroatoms. The molecule has 1 N–H and O–H groups in total. The summed E-state index contributed by atoms with van der Waals surface area (Å²) in [5, 5.41) is 11.3. The summed E-state index contributed by atoms with van der Waals surface area (Å²) in [6.07, 6.45) is 1.31. The second-order valence-electron chi connectivity index (χ2n) is 6.97. The molecule has 1 unspecified atom stereocenters. The number of aliphatic hydroxyl groups excluding tert-OH is 1. The van der Waals surface area contributed by atoms with Crippen molar-refractivity contribution >= 4 is 34.7 Å². The van der Waals surface area contributed by atoms with Crippen molar-refractivity contribution in [3.63, 3.8) is 0 Å². The van der Waals surface area contributed by atoms with E-state index < -0.39 is 35.1 Å². The average Bonchev–Trinajstić information content (AvgIpc) is 3.42. The van der Waals surface area contributed by atoms with Gasteiger partial charge in [0.15, 0.2) is 11.6 Å². The molecular weight excluding hydrogens is 460 g/mol. The van der Waals surface area contributed by atoms with Crippen LogP contribution in [0, 0.1) is 11.6 Å². The molecule has 1 atom stereocenters. The Labute approximate surface area is 191 Å². The highest BCUT2D eigenvalue weighted by Gasteiger charge is 2.48. The first-order valence-corrected chi connectivity index (χ1v) is 9.87. The van der Waals surface area contributed by atoms with Gasteiger partial charge in [-0.25, -0.2) is 8.78 Å². The molecule has 1 saturated heterocycles. The van der Waals surface area contributed by atoms with E-state index in [1.807, 2.05) is 0 Å². The van der Waals surface area contributed by atoms with Crippen LogP contribution in [-0.4, -0.2) is 31.0 Å². The zero-order valence-corrected chi connectivity index (χ0v) is 18.0. The quantitative estimate of drug-likeness (QED) is 0.322. The van der Waals surface area contributed by atoms with Gasteiger partial charge in [0.2, 0.25) is 0 Å². The summed E-state index contributed by atoms with van der Waals surface area (Å²) in [6, 6.07) is 7.21. The minimum atomic E-state index is -1.27. The van der Waals surface area contributed by atoms with Gasteiger partial charge in [-0.1, -0.05) is 11.6 Å². The summed E-state index contributed by atoms with van der Waals surface area (Å²) in [5.74, 6) is -4.57. The van der Waals surface area contributed by atoms with E-state index in [0.29, 0.717) is 0 Å². The van der Waals surface area contributed by atoms with E-state index in [0.717, 1.165) is 23.1 Å². The first-order valence-electron chi connectivity index (χ1n) is 9.49. The SMILES string of the molecule is COc1cc(OC)c(/C(O)=C2/C(=O)C(=O)N(c3ccc(F)c(F)c3)C2c2ccco2)cc1Cl. The molecule has 0 radical (unpaired) electrons. The Kier molecular flexibility index (Phi) is 5.82. The van der Waals surface area contributed by atoms with Gasteiger partial charge in [-0.05, 0) is 30.3 Å². The molecule has 0 aliphatic carbocycles. The summed E-state index contributed by atoms with van der Waals surface area (Å²) in [4.78, 5) is 26.9. The van der Waals surface area contributed by atoms with Crippen LogP contribution in [-0.2, 0) is 9.59 Å². The van der Waals surface area contributed by atoms with Crippen LogP contribution in [0.25, 0.3) is 5.76 Å². The van der Waals surface area contributed by atoms with Gasteiger partial charge in [0, 0.05) is 17.8 Å². The predicted octanol–water partition coefficient (Wildman–Crippen LogP) is 4.85. The lowest BCUT2D eigenvalue weighted by Gasteiger charge is -2.23. The second kappa shape index (κ2) is 8.59. The molecule has 1 amide bonds. The lowest BCUT2D eigenvalue weighted by atomic mass is 9.98. The summed E-state index contributed by atoms with van der Waals surface area (Å²) in [7, 11) is 2.73. The molecule has 33 heavy (non-hydrogen) atoms. The van der Waals surface area contributed by atoms with E-state index in [9.17, 15) is 23.5 Å². The third-order valence-electron chi connectivity index (χ3n) is 5.17. The Balaban J connectivity index is 1.96. The van der Waals surface area contributed by atoms with Crippen LogP contribution in [0.15, 0.2) is 58.7 Å². The number of methoxy groups -OCH3 is 2. The molecular formula is C23H16ClF2NO6. The number of hydrogen-bond acceptors (Lipinski definition) is 6. The Bertz CT molecular complexity index is 1290. The number of aliphatic hydroxyl groups is 1. The number of rotatable bonds is 5. The standard InChI is InChI=1S/C23H16ClF2NO6/c1-31-17-10-18(32-2)13(24)9-12(17)21(28)19-20(16-4-3-7-33-16)27(23(30)22(19)29)11-5-6-14(25)15(26)8-11/h3-10,20,28H,1-2H3/b21-19-. The highest BCUT2D eigenvalue weighted by molar-refractivity contribution is 6.51. The van der Waals surface area contributed by atoms with Crippen molar-refractivity contribution in [3.8, 4) is 11.5 Å². The van der Waals surface area contributed by atoms with Crippen molar-refractivity contribution in [1.82, 2.24) is 0 Å². The number of nitrogens with zero attached hydrogens (tertiary/aromatic N) is 1. The smallest absolute Gasteiger partial charge is 0.300 e. The van der Waals surface area contributed by atoms with Crippen molar-refractivity contribution in [2.75, 3.05) is 19.1 Å². The Morgan fingerprint density at radius 3 is 2.39 bits per heavy atom. The van der Waals surface area contributed by atoms with Crippen molar-refractivity contribution in [2.24, 2.45) is 0 Å². The van der Waals surface area contributed by atoms with Crippen molar-refractivity contribution in [2.45, 2.75) is 6.04 Å². The molecule has 2 aromatic carbocycles. The molecule has 0 bridgehead atoms. The maximum atomic E-state index is 13.9. The highest BCUT2D eigenvalue weighted by atomic mass is 35.5. The van der Waals surface area contributed by atoms with Gasteiger partial charge >= 0.3 is 0 Å². The lowest BCUT2D eigenvalue weighted by Crippen LogP contribution is -2.29. The summed E-state index contributed by atoms with van der Waals surface area (Å²) < 4.78 is 43.3. The minimum Gasteiger partial charge on any atom is -0.507 e. The third kappa shape index (κ3) is 3.70. The van der Waals surface area contributed by atoms with Crippen molar-refractivity contribution in [3.05, 3.63) is 82.3 Å². The van der Waals surface area contributed by atoms with E-state index >= 15 is 0 Å². The number of Topliss-reactive ketones (excluding diaryl/α,β-unsaturated/α-hetero) is 1. The summed E-state index contributed by atoms with van der Waals surface area (Å²) in [6.45, 7) is 0. The Morgan fingerprint density at radius 2 is 1.79 bits per heavy atom. The van der Waals surface area contributed by atoms with Gasteiger partial charge in [0.1, 0.15) is 29.1 Å². The van der Waals surface area contributed by atoms with Crippen LogP contribution in [0.5, 0.6) is 11.5 Å². The van der Waals surface area contributed by atoms with Crippen LogP contribution in [0.4, 0.5) is 14.5 Å². The monoisotopic (exact) mass is 475 g/mol. The fourth-order valence-electron chi connectivity index (χ4n) is 3.64. The Morgan fingerprint density at radius 1 is 1.06 bits per heavy atom. The number of carbonyl (C=O) groups excluding carboxylic acids is 2. The molecule has 3 aromatic rings. The molecule has 1 aliphatic rings. The molecule has 7 nitrogen and oxygen atoms in total. The molecule has 2 heterocycles. The molecule has 4 rings (SSSR count). The fourth-order valence-corrected chi connectivity index (χ4v) is 3.88. The number of hydrogen-bond donors (Lipinski definition) is 1. The summed E-state index contributed by atoms with van der Waals surface area (Å²) >= 11 is 6.19. The molecule has 1 aromatic heterocycles. The second-order valence-corrected chi connectivity index (χ2v) is 7.38. The van der Waals surface area contributed by atoms with Crippen molar-refractivity contribution < 1.29 is 37.4 Å². The number of benzene rings is 2. The average molecular weight is 476 g/mol. The number of furan rings is 1. The van der Waals surface area contributed by atoms with Gasteiger partial charge in [0.25, 0.3) is 11.7 Å². The van der Waals surface area contributed by atoms with Crippen LogP contribution in [0.3, 0.4) is 0 Å². The fraction of sp³-hybridized carbons (Fsp3) is 0.130. The molecule has 0 spiro atoms. The van der Waals surface area contributed by atoms with Gasteiger partial charge in [0.05, 0.1) is 36.6 Å². The highest BCUT2D eigenvalue weighted by Crippen LogP contribution is 2.44. The van der Waals surface area contributed by atoms with Crippen molar-refractivity contribution in [1.29, 1.82) is 0 Å². The molecule has 0 saturated carbocycles. The first-order chi connectivity index (χ1) is 15.8. The largest absolute Gasteiger partial charge is 0.507 e. The molecule has 170 valence electrons. The van der Waals surface area contributed by atoms with Crippen LogP contribution in [0.1, 0.15) is 17.4 Å². The van der Waals surface area contributed by atoms with Gasteiger partial charge in [-0.15, -0.1) is 0 Å². The Hall–Kier alpha value is -3.85. The number of anilines is 1. The minimum absolute atomic E-state index is 0.0168. The van der Waals surface area contributed by atoms with E-state index in [1.54, 1.807) is 0 Å². The topological polar surface area (TPSA) is 89.2 Å². The number of ether oxygens (including phenoxy) is 2. The number of ketones is 1. The third-order valence-corrected chi connectivity index (χ3v) is 5.46. The predicted molar refractivity (Wildman–Crippen MR) is 114 cm³/mol. The van der Waals surface area contributed by atoms with Gasteiger partial charge in [-0.3, -0.25) is 14.5 Å². The summed E-state index contributed by atoms with van der Waals surface area (Å²) in [5.41, 5.74) is -0.432. The van der Waals surface area contributed by atoms with E-state index in [-0.39, 0.29) is 39.1 Å². The maximum absolute atomic E-state index is 13.9. The first kappa shape index (κ1) is 22.3.